The Labute approximate surface area is 223 Å². The standard InChI is InChI=1S/C29H37N3O6/c1-34-28-12-22(6-7-26(28)36-17-24(20-4-5-20)31-21-8-10-35-11-9-21)32-15-25(33)23-14-30-29(13-27(23)38-18-32)37-16-19-2-3-19/h6-7,12-14,19-21,24,31H,2-5,8-11,15-18H2,1H3. The topological polar surface area (TPSA) is 91.4 Å². The summed E-state index contributed by atoms with van der Waals surface area (Å²) in [4.78, 5) is 19.2. The smallest absolute Gasteiger partial charge is 0.216 e. The first-order valence-electron chi connectivity index (χ1n) is 13.8. The molecule has 2 saturated carbocycles. The number of benzene rings is 1. The summed E-state index contributed by atoms with van der Waals surface area (Å²) in [6, 6.07) is 8.31. The Morgan fingerprint density at radius 1 is 1.08 bits per heavy atom. The van der Waals surface area contributed by atoms with Crippen molar-refractivity contribution < 1.29 is 28.5 Å². The van der Waals surface area contributed by atoms with Crippen molar-refractivity contribution in [3.05, 3.63) is 36.0 Å². The van der Waals surface area contributed by atoms with E-state index in [1.54, 1.807) is 19.4 Å². The van der Waals surface area contributed by atoms with Crippen LogP contribution in [0.2, 0.25) is 0 Å². The molecule has 0 spiro atoms. The summed E-state index contributed by atoms with van der Waals surface area (Å²) in [5.41, 5.74) is 1.30. The number of ether oxygens (including phenoxy) is 5. The van der Waals surface area contributed by atoms with Crippen molar-refractivity contribution in [2.75, 3.05) is 51.7 Å². The Hall–Kier alpha value is -3.04. The fraction of sp³-hybridized carbons (Fsp3) is 0.586. The van der Waals surface area contributed by atoms with Crippen LogP contribution >= 0.6 is 0 Å². The van der Waals surface area contributed by atoms with E-state index < -0.39 is 0 Å². The number of hydrogen-bond acceptors (Lipinski definition) is 9. The maximum absolute atomic E-state index is 13.0. The molecule has 1 atom stereocenters. The quantitative estimate of drug-likeness (QED) is 0.472. The Balaban J connectivity index is 1.10. The molecular formula is C29H37N3O6. The van der Waals surface area contributed by atoms with Gasteiger partial charge in [0.15, 0.2) is 24.0 Å². The zero-order valence-electron chi connectivity index (χ0n) is 22.0. The second-order valence-electron chi connectivity index (χ2n) is 10.8. The highest BCUT2D eigenvalue weighted by atomic mass is 16.5. The monoisotopic (exact) mass is 523 g/mol. The Morgan fingerprint density at radius 3 is 2.68 bits per heavy atom. The van der Waals surface area contributed by atoms with Crippen LogP contribution in [0, 0.1) is 11.8 Å². The van der Waals surface area contributed by atoms with Crippen LogP contribution in [0.25, 0.3) is 0 Å². The first-order valence-corrected chi connectivity index (χ1v) is 13.8. The fourth-order valence-corrected chi connectivity index (χ4v) is 5.07. The lowest BCUT2D eigenvalue weighted by Crippen LogP contribution is -2.45. The number of carbonyl (C=O) groups is 1. The SMILES string of the molecule is COc1cc(N2COc3cc(OCC4CC4)ncc3C(=O)C2)ccc1OCC(NC1CCOCC1)C1CC1. The number of pyridine rings is 1. The summed E-state index contributed by atoms with van der Waals surface area (Å²) in [6.07, 6.45) is 8.56. The van der Waals surface area contributed by atoms with Gasteiger partial charge in [-0.1, -0.05) is 0 Å². The van der Waals surface area contributed by atoms with Crippen molar-refractivity contribution in [3.8, 4) is 23.1 Å². The molecule has 2 aliphatic carbocycles. The van der Waals surface area contributed by atoms with Crippen molar-refractivity contribution >= 4 is 11.5 Å². The third kappa shape index (κ3) is 6.15. The molecule has 2 aromatic rings. The van der Waals surface area contributed by atoms with Crippen molar-refractivity contribution in [1.29, 1.82) is 0 Å². The largest absolute Gasteiger partial charge is 0.493 e. The number of nitrogens with one attached hydrogen (secondary N) is 1. The van der Waals surface area contributed by atoms with E-state index in [9.17, 15) is 4.79 Å². The van der Waals surface area contributed by atoms with Gasteiger partial charge in [-0.2, -0.15) is 0 Å². The maximum atomic E-state index is 13.0. The van der Waals surface area contributed by atoms with Crippen LogP contribution in [0.15, 0.2) is 30.5 Å². The molecule has 1 aromatic heterocycles. The molecule has 0 bridgehead atoms. The number of methoxy groups -OCH3 is 1. The number of aromatic nitrogens is 1. The van der Waals surface area contributed by atoms with Gasteiger partial charge < -0.3 is 33.9 Å². The van der Waals surface area contributed by atoms with E-state index in [0.717, 1.165) is 31.7 Å². The van der Waals surface area contributed by atoms with Crippen molar-refractivity contribution in [2.45, 2.75) is 50.6 Å². The van der Waals surface area contributed by atoms with Crippen molar-refractivity contribution in [2.24, 2.45) is 11.8 Å². The van der Waals surface area contributed by atoms with E-state index in [2.05, 4.69) is 10.3 Å². The average Bonchev–Trinajstić information content (AvgIpc) is 3.86. The van der Waals surface area contributed by atoms with Gasteiger partial charge in [0.1, 0.15) is 12.4 Å². The van der Waals surface area contributed by atoms with Crippen LogP contribution in [0.5, 0.6) is 23.1 Å². The highest BCUT2D eigenvalue weighted by Crippen LogP contribution is 2.37. The van der Waals surface area contributed by atoms with E-state index in [1.807, 2.05) is 23.1 Å². The molecular weight excluding hydrogens is 486 g/mol. The number of Topliss-reactive ketones (excluding diaryl/α,β-unsaturated/α-hetero) is 1. The number of anilines is 1. The highest BCUT2D eigenvalue weighted by Gasteiger charge is 2.34. The third-order valence-electron chi connectivity index (χ3n) is 7.81. The van der Waals surface area contributed by atoms with Gasteiger partial charge in [0.05, 0.1) is 25.8 Å². The van der Waals surface area contributed by atoms with Gasteiger partial charge >= 0.3 is 0 Å². The zero-order chi connectivity index (χ0) is 25.9. The number of carbonyl (C=O) groups excluding carboxylic acids is 1. The Morgan fingerprint density at radius 2 is 1.92 bits per heavy atom. The van der Waals surface area contributed by atoms with E-state index >= 15 is 0 Å². The predicted octanol–water partition coefficient (Wildman–Crippen LogP) is 3.84. The molecule has 3 heterocycles. The first kappa shape index (κ1) is 25.2. The minimum absolute atomic E-state index is 0.0514. The zero-order valence-corrected chi connectivity index (χ0v) is 22.0. The molecule has 1 aromatic carbocycles. The Kier molecular flexibility index (Phi) is 7.56. The highest BCUT2D eigenvalue weighted by molar-refractivity contribution is 6.01. The van der Waals surface area contributed by atoms with Crippen LogP contribution < -0.4 is 29.2 Å². The van der Waals surface area contributed by atoms with Gasteiger partial charge in [-0.05, 0) is 62.5 Å². The predicted molar refractivity (Wildman–Crippen MR) is 142 cm³/mol. The minimum atomic E-state index is -0.0514. The summed E-state index contributed by atoms with van der Waals surface area (Å²) in [5.74, 6) is 3.57. The molecule has 2 aliphatic heterocycles. The second kappa shape index (κ2) is 11.4. The van der Waals surface area contributed by atoms with Crippen LogP contribution in [0.1, 0.15) is 48.9 Å². The molecule has 9 heteroatoms. The van der Waals surface area contributed by atoms with Gasteiger partial charge in [0, 0.05) is 49.3 Å². The average molecular weight is 524 g/mol. The fourth-order valence-electron chi connectivity index (χ4n) is 5.07. The van der Waals surface area contributed by atoms with E-state index in [-0.39, 0.29) is 19.1 Å². The number of ketones is 1. The van der Waals surface area contributed by atoms with Gasteiger partial charge in [-0.25, -0.2) is 4.98 Å². The maximum Gasteiger partial charge on any atom is 0.216 e. The summed E-state index contributed by atoms with van der Waals surface area (Å²) < 4.78 is 29.3. The van der Waals surface area contributed by atoms with Crippen LogP contribution in [0.4, 0.5) is 5.69 Å². The minimum Gasteiger partial charge on any atom is -0.493 e. The lowest BCUT2D eigenvalue weighted by Gasteiger charge is -2.29. The molecule has 1 unspecified atom stereocenters. The second-order valence-corrected chi connectivity index (χ2v) is 10.8. The lowest BCUT2D eigenvalue weighted by molar-refractivity contribution is 0.0709. The molecule has 0 radical (unpaired) electrons. The van der Waals surface area contributed by atoms with E-state index in [0.29, 0.717) is 65.8 Å². The van der Waals surface area contributed by atoms with Gasteiger partial charge in [0.2, 0.25) is 5.88 Å². The van der Waals surface area contributed by atoms with Gasteiger partial charge in [0.25, 0.3) is 0 Å². The molecule has 38 heavy (non-hydrogen) atoms. The summed E-state index contributed by atoms with van der Waals surface area (Å²) in [6.45, 7) is 3.31. The van der Waals surface area contributed by atoms with E-state index in [1.165, 1.54) is 25.7 Å². The molecule has 4 aliphatic rings. The molecule has 9 nitrogen and oxygen atoms in total. The third-order valence-corrected chi connectivity index (χ3v) is 7.81. The van der Waals surface area contributed by atoms with Crippen LogP contribution in [-0.4, -0.2) is 69.7 Å². The van der Waals surface area contributed by atoms with Crippen LogP contribution in [0.3, 0.4) is 0 Å². The summed E-state index contributed by atoms with van der Waals surface area (Å²) in [5, 5.41) is 3.81. The number of hydrogen-bond donors (Lipinski definition) is 1. The van der Waals surface area contributed by atoms with E-state index in [4.69, 9.17) is 23.7 Å². The Bertz CT molecular complexity index is 1130. The van der Waals surface area contributed by atoms with Gasteiger partial charge in [-0.15, -0.1) is 0 Å². The van der Waals surface area contributed by atoms with Crippen molar-refractivity contribution in [3.63, 3.8) is 0 Å². The van der Waals surface area contributed by atoms with Crippen molar-refractivity contribution in [1.82, 2.24) is 10.3 Å². The number of nitrogens with zero attached hydrogens (tertiary/aromatic N) is 2. The molecule has 204 valence electrons. The number of fused-ring (bicyclic) bond motifs is 1. The normalized spacial score (nSPS) is 20.8. The molecule has 6 rings (SSSR count). The molecule has 0 amide bonds. The molecule has 1 saturated heterocycles. The van der Waals surface area contributed by atoms with Gasteiger partial charge in [-0.3, -0.25) is 4.79 Å². The summed E-state index contributed by atoms with van der Waals surface area (Å²) in [7, 11) is 1.64. The number of rotatable bonds is 11. The first-order chi connectivity index (χ1) is 18.7. The van der Waals surface area contributed by atoms with Crippen LogP contribution in [-0.2, 0) is 4.74 Å². The molecule has 1 N–H and O–H groups in total. The lowest BCUT2D eigenvalue weighted by atomic mass is 10.1. The molecule has 3 fully saturated rings. The summed E-state index contributed by atoms with van der Waals surface area (Å²) >= 11 is 0.